The Balaban J connectivity index is 2.54. The fraction of sp³-hybridized carbons (Fsp3) is 0.455. The highest BCUT2D eigenvalue weighted by atomic mass is 79.9. The zero-order valence-electron chi connectivity index (χ0n) is 8.96. The smallest absolute Gasteiger partial charge is 0.0945 e. The van der Waals surface area contributed by atoms with Crippen LogP contribution in [0.2, 0.25) is 0 Å². The van der Waals surface area contributed by atoms with Crippen LogP contribution >= 0.6 is 15.9 Å². The van der Waals surface area contributed by atoms with Gasteiger partial charge in [-0.25, -0.2) is 0 Å². The number of hydrogen-bond donors (Lipinski definition) is 2. The molecule has 0 radical (unpaired) electrons. The summed E-state index contributed by atoms with van der Waals surface area (Å²) in [7, 11) is 1.58. The van der Waals surface area contributed by atoms with Crippen LogP contribution in [0.4, 0.5) is 5.69 Å². The first-order valence-corrected chi connectivity index (χ1v) is 5.60. The minimum absolute atomic E-state index is 0.347. The molecule has 0 fully saturated rings. The second-order valence-corrected chi connectivity index (χ2v) is 4.26. The van der Waals surface area contributed by atoms with E-state index in [2.05, 4.69) is 21.2 Å². The number of aliphatic hydroxyl groups is 1. The van der Waals surface area contributed by atoms with Gasteiger partial charge in [-0.2, -0.15) is 0 Å². The summed E-state index contributed by atoms with van der Waals surface area (Å²) in [6.07, 6.45) is -0.478. The molecule has 0 saturated heterocycles. The molecule has 0 spiro atoms. The van der Waals surface area contributed by atoms with Gasteiger partial charge in [-0.15, -0.1) is 0 Å². The number of methoxy groups -OCH3 is 1. The van der Waals surface area contributed by atoms with Crippen LogP contribution in [0.15, 0.2) is 22.7 Å². The van der Waals surface area contributed by atoms with E-state index in [1.165, 1.54) is 0 Å². The molecule has 1 aromatic rings. The molecule has 15 heavy (non-hydrogen) atoms. The molecule has 0 aromatic heterocycles. The molecule has 0 bridgehead atoms. The minimum Gasteiger partial charge on any atom is -0.389 e. The van der Waals surface area contributed by atoms with Gasteiger partial charge < -0.3 is 15.2 Å². The predicted octanol–water partition coefficient (Wildman–Crippen LogP) is 2.18. The Morgan fingerprint density at radius 2 is 2.27 bits per heavy atom. The molecule has 1 rings (SSSR count). The van der Waals surface area contributed by atoms with Crippen LogP contribution in [0.3, 0.4) is 0 Å². The molecule has 2 N–H and O–H groups in total. The van der Waals surface area contributed by atoms with Crippen LogP contribution in [0.5, 0.6) is 0 Å². The molecule has 0 aliphatic rings. The van der Waals surface area contributed by atoms with Gasteiger partial charge in [0.05, 0.1) is 12.7 Å². The number of rotatable bonds is 5. The van der Waals surface area contributed by atoms with E-state index in [0.29, 0.717) is 13.2 Å². The summed E-state index contributed by atoms with van der Waals surface area (Å²) < 4.78 is 5.91. The van der Waals surface area contributed by atoms with Gasteiger partial charge in [-0.05, 0) is 24.6 Å². The van der Waals surface area contributed by atoms with Gasteiger partial charge in [0.25, 0.3) is 0 Å². The van der Waals surface area contributed by atoms with Gasteiger partial charge in [0.2, 0.25) is 0 Å². The summed E-state index contributed by atoms with van der Waals surface area (Å²) in [5, 5.41) is 12.6. The summed E-state index contributed by atoms with van der Waals surface area (Å²) in [4.78, 5) is 0. The standard InChI is InChI=1S/C11H16BrNO2/c1-8-10(12)4-3-5-11(8)13-6-9(14)7-15-2/h3-5,9,13-14H,6-7H2,1-2H3. The topological polar surface area (TPSA) is 41.5 Å². The SMILES string of the molecule is COCC(O)CNc1cccc(Br)c1C. The lowest BCUT2D eigenvalue weighted by molar-refractivity contribution is 0.0727. The van der Waals surface area contributed by atoms with E-state index < -0.39 is 6.10 Å². The lowest BCUT2D eigenvalue weighted by Crippen LogP contribution is -2.24. The third-order valence-corrected chi connectivity index (χ3v) is 3.01. The summed E-state index contributed by atoms with van der Waals surface area (Å²) in [6.45, 7) is 2.86. The second-order valence-electron chi connectivity index (χ2n) is 3.40. The molecule has 3 nitrogen and oxygen atoms in total. The van der Waals surface area contributed by atoms with E-state index in [-0.39, 0.29) is 0 Å². The van der Waals surface area contributed by atoms with Gasteiger partial charge in [0.15, 0.2) is 0 Å². The number of halogens is 1. The predicted molar refractivity (Wildman–Crippen MR) is 65.3 cm³/mol. The molecular formula is C11H16BrNO2. The molecule has 0 aliphatic carbocycles. The lowest BCUT2D eigenvalue weighted by Gasteiger charge is -2.14. The summed E-state index contributed by atoms with van der Waals surface area (Å²) >= 11 is 3.46. The largest absolute Gasteiger partial charge is 0.389 e. The van der Waals surface area contributed by atoms with Crippen LogP contribution < -0.4 is 5.32 Å². The number of anilines is 1. The van der Waals surface area contributed by atoms with Crippen molar-refractivity contribution < 1.29 is 9.84 Å². The van der Waals surface area contributed by atoms with Gasteiger partial charge >= 0.3 is 0 Å². The Labute approximate surface area is 98.6 Å². The first-order chi connectivity index (χ1) is 7.15. The summed E-state index contributed by atoms with van der Waals surface area (Å²) in [5.74, 6) is 0. The first kappa shape index (κ1) is 12.5. The number of hydrogen-bond acceptors (Lipinski definition) is 3. The fourth-order valence-electron chi connectivity index (χ4n) is 1.28. The average Bonchev–Trinajstić information content (AvgIpc) is 2.21. The van der Waals surface area contributed by atoms with Crippen molar-refractivity contribution in [1.82, 2.24) is 0 Å². The molecule has 4 heteroatoms. The number of benzene rings is 1. The number of ether oxygens (including phenoxy) is 1. The van der Waals surface area contributed by atoms with Crippen molar-refractivity contribution in [3.05, 3.63) is 28.2 Å². The molecule has 0 heterocycles. The van der Waals surface area contributed by atoms with Crippen molar-refractivity contribution in [3.8, 4) is 0 Å². The monoisotopic (exact) mass is 273 g/mol. The highest BCUT2D eigenvalue weighted by molar-refractivity contribution is 9.10. The number of nitrogens with one attached hydrogen (secondary N) is 1. The number of aliphatic hydroxyl groups excluding tert-OH is 1. The van der Waals surface area contributed by atoms with Gasteiger partial charge in [-0.1, -0.05) is 22.0 Å². The highest BCUT2D eigenvalue weighted by Crippen LogP contribution is 2.23. The van der Waals surface area contributed by atoms with Crippen LogP contribution in [0, 0.1) is 6.92 Å². The van der Waals surface area contributed by atoms with E-state index in [4.69, 9.17) is 4.74 Å². The molecule has 1 unspecified atom stereocenters. The van der Waals surface area contributed by atoms with Crippen LogP contribution in [-0.2, 0) is 4.74 Å². The Morgan fingerprint density at radius 1 is 1.53 bits per heavy atom. The maximum atomic E-state index is 9.47. The van der Waals surface area contributed by atoms with Crippen LogP contribution in [-0.4, -0.2) is 31.5 Å². The highest BCUT2D eigenvalue weighted by Gasteiger charge is 2.05. The molecule has 1 aromatic carbocycles. The van der Waals surface area contributed by atoms with E-state index in [1.807, 2.05) is 25.1 Å². The average molecular weight is 274 g/mol. The van der Waals surface area contributed by atoms with Gasteiger partial charge in [-0.3, -0.25) is 0 Å². The summed E-state index contributed by atoms with van der Waals surface area (Å²) in [5.41, 5.74) is 2.17. The van der Waals surface area contributed by atoms with Crippen molar-refractivity contribution in [2.24, 2.45) is 0 Å². The zero-order chi connectivity index (χ0) is 11.3. The van der Waals surface area contributed by atoms with Crippen molar-refractivity contribution in [3.63, 3.8) is 0 Å². The Kier molecular flexibility index (Phi) is 5.08. The molecular weight excluding hydrogens is 258 g/mol. The van der Waals surface area contributed by atoms with Gasteiger partial charge in [0, 0.05) is 23.8 Å². The van der Waals surface area contributed by atoms with Crippen LogP contribution in [0.25, 0.3) is 0 Å². The van der Waals surface area contributed by atoms with E-state index in [9.17, 15) is 5.11 Å². The molecule has 0 aliphatic heterocycles. The van der Waals surface area contributed by atoms with Crippen molar-refractivity contribution >= 4 is 21.6 Å². The fourth-order valence-corrected chi connectivity index (χ4v) is 1.64. The maximum absolute atomic E-state index is 9.47. The van der Waals surface area contributed by atoms with Crippen LogP contribution in [0.1, 0.15) is 5.56 Å². The first-order valence-electron chi connectivity index (χ1n) is 4.81. The maximum Gasteiger partial charge on any atom is 0.0945 e. The molecule has 1 atom stereocenters. The summed E-state index contributed by atoms with van der Waals surface area (Å²) in [6, 6.07) is 5.94. The molecule has 0 amide bonds. The van der Waals surface area contributed by atoms with E-state index in [0.717, 1.165) is 15.7 Å². The molecule has 0 saturated carbocycles. The Bertz CT molecular complexity index is 317. The van der Waals surface area contributed by atoms with Crippen molar-refractivity contribution in [1.29, 1.82) is 0 Å². The minimum atomic E-state index is -0.478. The van der Waals surface area contributed by atoms with Crippen molar-refractivity contribution in [2.45, 2.75) is 13.0 Å². The Morgan fingerprint density at radius 3 is 2.93 bits per heavy atom. The Hall–Kier alpha value is -0.580. The van der Waals surface area contributed by atoms with E-state index >= 15 is 0 Å². The second kappa shape index (κ2) is 6.10. The normalized spacial score (nSPS) is 12.5. The van der Waals surface area contributed by atoms with Crippen molar-refractivity contribution in [2.75, 3.05) is 25.6 Å². The van der Waals surface area contributed by atoms with Gasteiger partial charge in [0.1, 0.15) is 0 Å². The quantitative estimate of drug-likeness (QED) is 0.864. The molecule has 84 valence electrons. The van der Waals surface area contributed by atoms with E-state index in [1.54, 1.807) is 7.11 Å². The zero-order valence-corrected chi connectivity index (χ0v) is 10.5. The third kappa shape index (κ3) is 3.81. The lowest BCUT2D eigenvalue weighted by atomic mass is 10.2. The third-order valence-electron chi connectivity index (χ3n) is 2.15.